The van der Waals surface area contributed by atoms with E-state index in [1.807, 2.05) is 24.3 Å². The molecule has 0 spiro atoms. The van der Waals surface area contributed by atoms with Gasteiger partial charge >= 0.3 is 5.91 Å². The Kier molecular flexibility index (Phi) is 5.04. The Bertz CT molecular complexity index is 1180. The molecule has 4 rings (SSSR count). The largest absolute Gasteiger partial charge is 0.451 e. The summed E-state index contributed by atoms with van der Waals surface area (Å²) >= 11 is 0. The van der Waals surface area contributed by atoms with E-state index < -0.39 is 0 Å². The number of furan rings is 1. The number of carbonyl (C=O) groups excluding carboxylic acids is 1. The molecule has 2 aromatic heterocycles. The molecule has 0 atom stereocenters. The number of amides is 1. The minimum Gasteiger partial charge on any atom is -0.451 e. The average molecular weight is 385 g/mol. The van der Waals surface area contributed by atoms with Gasteiger partial charge in [-0.05, 0) is 50.1 Å². The molecule has 0 aliphatic heterocycles. The summed E-state index contributed by atoms with van der Waals surface area (Å²) in [6.45, 7) is 6.29. The Balaban J connectivity index is 1.55. The maximum Gasteiger partial charge on any atom is 0.307 e. The highest BCUT2D eigenvalue weighted by Gasteiger charge is 2.13. The van der Waals surface area contributed by atoms with Gasteiger partial charge in [0.05, 0.1) is 6.21 Å². The second kappa shape index (κ2) is 7.80. The zero-order valence-corrected chi connectivity index (χ0v) is 16.8. The van der Waals surface area contributed by atoms with Crippen molar-refractivity contribution in [3.8, 4) is 5.69 Å². The van der Waals surface area contributed by atoms with E-state index >= 15 is 0 Å². The maximum absolute atomic E-state index is 12.3. The molecule has 0 bridgehead atoms. The molecule has 0 saturated heterocycles. The van der Waals surface area contributed by atoms with Crippen molar-refractivity contribution in [2.75, 3.05) is 0 Å². The first kappa shape index (κ1) is 18.7. The predicted molar refractivity (Wildman–Crippen MR) is 116 cm³/mol. The Morgan fingerprint density at radius 1 is 1.10 bits per heavy atom. The number of nitrogens with zero attached hydrogens (tertiary/aromatic N) is 2. The number of benzene rings is 2. The highest BCUT2D eigenvalue weighted by atomic mass is 16.3. The molecule has 0 unspecified atom stereocenters. The van der Waals surface area contributed by atoms with Crippen molar-refractivity contribution in [1.82, 2.24) is 9.99 Å². The predicted octanol–water partition coefficient (Wildman–Crippen LogP) is 5.17. The number of aromatic nitrogens is 1. The minimum atomic E-state index is -0.373. The lowest BCUT2D eigenvalue weighted by atomic mass is 10.1. The number of aryl methyl sites for hydroxylation is 2. The van der Waals surface area contributed by atoms with Crippen molar-refractivity contribution in [3.05, 3.63) is 88.9 Å². The smallest absolute Gasteiger partial charge is 0.307 e. The fraction of sp³-hybridized carbons (Fsp3) is 0.167. The standard InChI is InChI=1S/C24H23N3O2/c1-4-18-9-5-7-11-21(18)27-16(2)13-20(17(27)3)15-25-26-24(28)23-14-19-10-6-8-12-22(19)29-23/h5-15H,4H2,1-3H3,(H,26,28)/b25-15+. The fourth-order valence-electron chi connectivity index (χ4n) is 3.63. The molecular weight excluding hydrogens is 362 g/mol. The molecule has 1 N–H and O–H groups in total. The molecule has 0 saturated carbocycles. The number of nitrogens with one attached hydrogen (secondary N) is 1. The third kappa shape index (κ3) is 3.59. The lowest BCUT2D eigenvalue weighted by Crippen LogP contribution is -2.16. The van der Waals surface area contributed by atoms with E-state index in [1.54, 1.807) is 12.3 Å². The Labute approximate surface area is 169 Å². The van der Waals surface area contributed by atoms with E-state index in [2.05, 4.69) is 66.2 Å². The Hall–Kier alpha value is -3.60. The summed E-state index contributed by atoms with van der Waals surface area (Å²) in [4.78, 5) is 12.3. The van der Waals surface area contributed by atoms with Crippen LogP contribution in [0.15, 0.2) is 70.2 Å². The molecule has 4 aromatic rings. The van der Waals surface area contributed by atoms with Gasteiger partial charge in [-0.2, -0.15) is 5.10 Å². The van der Waals surface area contributed by atoms with Crippen molar-refractivity contribution >= 4 is 23.1 Å². The molecular formula is C24H23N3O2. The number of hydrogen-bond donors (Lipinski definition) is 1. The third-order valence-electron chi connectivity index (χ3n) is 5.10. The van der Waals surface area contributed by atoms with Gasteiger partial charge in [-0.3, -0.25) is 4.79 Å². The quantitative estimate of drug-likeness (QED) is 0.381. The van der Waals surface area contributed by atoms with Crippen LogP contribution in [0, 0.1) is 13.8 Å². The third-order valence-corrected chi connectivity index (χ3v) is 5.10. The SMILES string of the molecule is CCc1ccccc1-n1c(C)cc(/C=N/NC(=O)c2cc3ccccc3o2)c1C. The van der Waals surface area contributed by atoms with E-state index in [0.717, 1.165) is 28.8 Å². The van der Waals surface area contributed by atoms with Gasteiger partial charge in [0.2, 0.25) is 0 Å². The molecule has 2 aromatic carbocycles. The van der Waals surface area contributed by atoms with Crippen LogP contribution in [0.2, 0.25) is 0 Å². The van der Waals surface area contributed by atoms with E-state index in [-0.39, 0.29) is 11.7 Å². The summed E-state index contributed by atoms with van der Waals surface area (Å²) in [5, 5.41) is 5.03. The number of hydrazone groups is 1. The number of fused-ring (bicyclic) bond motifs is 1. The van der Waals surface area contributed by atoms with Crippen LogP contribution in [0.4, 0.5) is 0 Å². The molecule has 0 aliphatic rings. The van der Waals surface area contributed by atoms with Crippen molar-refractivity contribution in [1.29, 1.82) is 0 Å². The summed E-state index contributed by atoms with van der Waals surface area (Å²) in [5.41, 5.74) is 8.85. The van der Waals surface area contributed by atoms with Gasteiger partial charge in [0.15, 0.2) is 5.76 Å². The molecule has 0 aliphatic carbocycles. The van der Waals surface area contributed by atoms with Crippen LogP contribution >= 0.6 is 0 Å². The molecule has 0 fully saturated rings. The Morgan fingerprint density at radius 2 is 1.86 bits per heavy atom. The van der Waals surface area contributed by atoms with Crippen LogP contribution in [0.1, 0.15) is 40.0 Å². The van der Waals surface area contributed by atoms with Crippen LogP contribution in [-0.2, 0) is 6.42 Å². The number of para-hydroxylation sites is 2. The highest BCUT2D eigenvalue weighted by Crippen LogP contribution is 2.23. The van der Waals surface area contributed by atoms with Crippen LogP contribution in [0.3, 0.4) is 0 Å². The molecule has 29 heavy (non-hydrogen) atoms. The van der Waals surface area contributed by atoms with Crippen LogP contribution < -0.4 is 5.43 Å². The van der Waals surface area contributed by atoms with Crippen LogP contribution in [-0.4, -0.2) is 16.7 Å². The van der Waals surface area contributed by atoms with E-state index in [4.69, 9.17) is 4.42 Å². The summed E-state index contributed by atoms with van der Waals surface area (Å²) in [5.74, 6) is -0.131. The number of hydrogen-bond acceptors (Lipinski definition) is 3. The molecule has 1 amide bonds. The first-order valence-corrected chi connectivity index (χ1v) is 9.67. The van der Waals surface area contributed by atoms with Gasteiger partial charge < -0.3 is 8.98 Å². The summed E-state index contributed by atoms with van der Waals surface area (Å²) in [6.07, 6.45) is 2.64. The molecule has 5 nitrogen and oxygen atoms in total. The minimum absolute atomic E-state index is 0.241. The molecule has 5 heteroatoms. The van der Waals surface area contributed by atoms with Crippen molar-refractivity contribution in [2.45, 2.75) is 27.2 Å². The van der Waals surface area contributed by atoms with Gasteiger partial charge in [-0.15, -0.1) is 0 Å². The second-order valence-electron chi connectivity index (χ2n) is 6.99. The molecule has 2 heterocycles. The van der Waals surface area contributed by atoms with E-state index in [9.17, 15) is 4.79 Å². The van der Waals surface area contributed by atoms with E-state index in [0.29, 0.717) is 5.58 Å². The summed E-state index contributed by atoms with van der Waals surface area (Å²) < 4.78 is 7.80. The average Bonchev–Trinajstić information content (AvgIpc) is 3.29. The number of carbonyl (C=O) groups is 1. The maximum atomic E-state index is 12.3. The summed E-state index contributed by atoms with van der Waals surface area (Å²) in [7, 11) is 0. The fourth-order valence-corrected chi connectivity index (χ4v) is 3.63. The number of rotatable bonds is 5. The first-order valence-electron chi connectivity index (χ1n) is 9.67. The van der Waals surface area contributed by atoms with Crippen molar-refractivity contribution < 1.29 is 9.21 Å². The van der Waals surface area contributed by atoms with Gasteiger partial charge in [-0.25, -0.2) is 5.43 Å². The van der Waals surface area contributed by atoms with Gasteiger partial charge in [0, 0.05) is 28.0 Å². The van der Waals surface area contributed by atoms with Crippen LogP contribution in [0.25, 0.3) is 16.7 Å². The zero-order chi connectivity index (χ0) is 20.4. The topological polar surface area (TPSA) is 59.5 Å². The van der Waals surface area contributed by atoms with Gasteiger partial charge in [0.25, 0.3) is 0 Å². The molecule has 0 radical (unpaired) electrons. The zero-order valence-electron chi connectivity index (χ0n) is 16.8. The lowest BCUT2D eigenvalue weighted by Gasteiger charge is -2.13. The van der Waals surface area contributed by atoms with Crippen molar-refractivity contribution in [3.63, 3.8) is 0 Å². The van der Waals surface area contributed by atoms with Crippen molar-refractivity contribution in [2.24, 2.45) is 5.10 Å². The lowest BCUT2D eigenvalue weighted by molar-refractivity contribution is 0.0929. The van der Waals surface area contributed by atoms with E-state index in [1.165, 1.54) is 11.3 Å². The van der Waals surface area contributed by atoms with Gasteiger partial charge in [0.1, 0.15) is 5.58 Å². The highest BCUT2D eigenvalue weighted by molar-refractivity contribution is 5.96. The Morgan fingerprint density at radius 3 is 2.66 bits per heavy atom. The van der Waals surface area contributed by atoms with Crippen LogP contribution in [0.5, 0.6) is 0 Å². The normalized spacial score (nSPS) is 11.4. The van der Waals surface area contributed by atoms with Gasteiger partial charge in [-0.1, -0.05) is 43.3 Å². The summed E-state index contributed by atoms with van der Waals surface area (Å²) in [6, 6.07) is 19.7. The molecule has 146 valence electrons. The first-order chi connectivity index (χ1) is 14.1. The second-order valence-corrected chi connectivity index (χ2v) is 6.99. The monoisotopic (exact) mass is 385 g/mol.